The Morgan fingerprint density at radius 2 is 2.36 bits per heavy atom. The third kappa shape index (κ3) is 1.41. The molecule has 2 aliphatic heterocycles. The number of nitrogens with one attached hydrogen (secondary N) is 1. The van der Waals surface area contributed by atoms with Crippen LogP contribution >= 0.6 is 0 Å². The van der Waals surface area contributed by atoms with Gasteiger partial charge in [0, 0.05) is 31.7 Å². The molecule has 0 aliphatic carbocycles. The molecule has 0 amide bonds. The lowest BCUT2D eigenvalue weighted by atomic mass is 10.1. The highest BCUT2D eigenvalue weighted by Crippen LogP contribution is 2.13. The average molecular weight is 156 g/mol. The van der Waals surface area contributed by atoms with E-state index in [-0.39, 0.29) is 0 Å². The molecule has 2 heterocycles. The molecule has 2 rings (SSSR count). The molecule has 3 heteroatoms. The topological polar surface area (TPSA) is 24.5 Å². The number of fused-ring (bicyclic) bond motifs is 1. The standard InChI is InChI=1S/C8H16N2O/c1-7-4-9-5-8-6-11-3-2-10(7)8/h7-9H,2-6H2,1H3/t7-,8+/m0/s1. The van der Waals surface area contributed by atoms with Crippen LogP contribution in [0.2, 0.25) is 0 Å². The van der Waals surface area contributed by atoms with Crippen LogP contribution in [0.15, 0.2) is 0 Å². The second-order valence-corrected chi connectivity index (χ2v) is 3.47. The van der Waals surface area contributed by atoms with Gasteiger partial charge in [-0.1, -0.05) is 0 Å². The van der Waals surface area contributed by atoms with Crippen molar-refractivity contribution in [1.82, 2.24) is 10.2 Å². The first-order chi connectivity index (χ1) is 5.38. The molecule has 0 unspecified atom stereocenters. The third-order valence-electron chi connectivity index (χ3n) is 2.66. The summed E-state index contributed by atoms with van der Waals surface area (Å²) in [6.45, 7) is 7.47. The lowest BCUT2D eigenvalue weighted by Crippen LogP contribution is -2.60. The summed E-state index contributed by atoms with van der Waals surface area (Å²) in [5.74, 6) is 0. The maximum Gasteiger partial charge on any atom is 0.0635 e. The van der Waals surface area contributed by atoms with Crippen molar-refractivity contribution in [3.05, 3.63) is 0 Å². The fourth-order valence-corrected chi connectivity index (χ4v) is 2.00. The van der Waals surface area contributed by atoms with Crippen LogP contribution in [0.4, 0.5) is 0 Å². The van der Waals surface area contributed by atoms with E-state index in [0.29, 0.717) is 12.1 Å². The van der Waals surface area contributed by atoms with Crippen molar-refractivity contribution in [3.8, 4) is 0 Å². The number of rotatable bonds is 0. The Morgan fingerprint density at radius 1 is 1.45 bits per heavy atom. The van der Waals surface area contributed by atoms with Crippen LogP contribution < -0.4 is 5.32 Å². The third-order valence-corrected chi connectivity index (χ3v) is 2.66. The van der Waals surface area contributed by atoms with Gasteiger partial charge in [0.1, 0.15) is 0 Å². The average Bonchev–Trinajstić information content (AvgIpc) is 2.06. The molecular weight excluding hydrogens is 140 g/mol. The lowest BCUT2D eigenvalue weighted by molar-refractivity contribution is -0.0377. The van der Waals surface area contributed by atoms with Crippen molar-refractivity contribution in [2.45, 2.75) is 19.0 Å². The van der Waals surface area contributed by atoms with Gasteiger partial charge in [0.05, 0.1) is 13.2 Å². The van der Waals surface area contributed by atoms with Gasteiger partial charge in [-0.05, 0) is 6.92 Å². The largest absolute Gasteiger partial charge is 0.378 e. The molecule has 0 aromatic carbocycles. The molecule has 0 saturated carbocycles. The molecular formula is C8H16N2O. The SMILES string of the molecule is C[C@H]1CNC[C@@H]2COCCN21. The summed E-state index contributed by atoms with van der Waals surface area (Å²) in [4.78, 5) is 2.56. The first-order valence-electron chi connectivity index (χ1n) is 4.42. The van der Waals surface area contributed by atoms with Crippen LogP contribution in [-0.2, 0) is 4.74 Å². The number of hydrogen-bond donors (Lipinski definition) is 1. The van der Waals surface area contributed by atoms with Crippen LogP contribution in [0.25, 0.3) is 0 Å². The first kappa shape index (κ1) is 7.53. The maximum atomic E-state index is 5.41. The second kappa shape index (κ2) is 3.09. The summed E-state index contributed by atoms with van der Waals surface area (Å²) in [5.41, 5.74) is 0. The van der Waals surface area contributed by atoms with Gasteiger partial charge < -0.3 is 10.1 Å². The molecule has 1 N–H and O–H groups in total. The molecule has 0 spiro atoms. The minimum absolute atomic E-state index is 0.632. The van der Waals surface area contributed by atoms with Crippen molar-refractivity contribution in [2.75, 3.05) is 32.8 Å². The van der Waals surface area contributed by atoms with E-state index >= 15 is 0 Å². The van der Waals surface area contributed by atoms with E-state index in [9.17, 15) is 0 Å². The summed E-state index contributed by atoms with van der Waals surface area (Å²) >= 11 is 0. The van der Waals surface area contributed by atoms with Gasteiger partial charge >= 0.3 is 0 Å². The quantitative estimate of drug-likeness (QED) is 0.520. The molecule has 2 atom stereocenters. The smallest absolute Gasteiger partial charge is 0.0635 e. The van der Waals surface area contributed by atoms with Gasteiger partial charge in [0.25, 0.3) is 0 Å². The van der Waals surface area contributed by atoms with Gasteiger partial charge in [0.2, 0.25) is 0 Å². The Hall–Kier alpha value is -0.120. The van der Waals surface area contributed by atoms with Gasteiger partial charge in [-0.25, -0.2) is 0 Å². The molecule has 2 aliphatic rings. The zero-order valence-electron chi connectivity index (χ0n) is 7.05. The fourth-order valence-electron chi connectivity index (χ4n) is 2.00. The van der Waals surface area contributed by atoms with Crippen molar-refractivity contribution in [3.63, 3.8) is 0 Å². The van der Waals surface area contributed by atoms with Gasteiger partial charge in [-0.2, -0.15) is 0 Å². The van der Waals surface area contributed by atoms with Crippen LogP contribution in [0.1, 0.15) is 6.92 Å². The highest BCUT2D eigenvalue weighted by atomic mass is 16.5. The fraction of sp³-hybridized carbons (Fsp3) is 1.00. The number of morpholine rings is 1. The number of piperazine rings is 1. The minimum Gasteiger partial charge on any atom is -0.378 e. The molecule has 11 heavy (non-hydrogen) atoms. The van der Waals surface area contributed by atoms with E-state index in [1.54, 1.807) is 0 Å². The summed E-state index contributed by atoms with van der Waals surface area (Å²) < 4.78 is 5.41. The van der Waals surface area contributed by atoms with Gasteiger partial charge in [-0.15, -0.1) is 0 Å². The Kier molecular flexibility index (Phi) is 2.11. The molecule has 0 aromatic rings. The van der Waals surface area contributed by atoms with Crippen LogP contribution in [-0.4, -0.2) is 49.8 Å². The zero-order valence-corrected chi connectivity index (χ0v) is 7.05. The Labute approximate surface area is 67.7 Å². The first-order valence-corrected chi connectivity index (χ1v) is 4.42. The number of ether oxygens (including phenoxy) is 1. The Bertz CT molecular complexity index is 138. The normalized spacial score (nSPS) is 40.1. The molecule has 3 nitrogen and oxygen atoms in total. The van der Waals surface area contributed by atoms with Gasteiger partial charge in [-0.3, -0.25) is 4.90 Å². The minimum atomic E-state index is 0.632. The van der Waals surface area contributed by atoms with Crippen LogP contribution in [0, 0.1) is 0 Å². The summed E-state index contributed by atoms with van der Waals surface area (Å²) in [5, 5.41) is 3.41. The summed E-state index contributed by atoms with van der Waals surface area (Å²) in [7, 11) is 0. The number of nitrogens with zero attached hydrogens (tertiary/aromatic N) is 1. The summed E-state index contributed by atoms with van der Waals surface area (Å²) in [6.07, 6.45) is 0. The molecule has 0 radical (unpaired) electrons. The Morgan fingerprint density at radius 3 is 3.18 bits per heavy atom. The van der Waals surface area contributed by atoms with E-state index in [0.717, 1.165) is 32.8 Å². The van der Waals surface area contributed by atoms with E-state index in [2.05, 4.69) is 17.1 Å². The molecule has 0 aromatic heterocycles. The highest BCUT2D eigenvalue weighted by molar-refractivity contribution is 4.86. The van der Waals surface area contributed by atoms with E-state index < -0.39 is 0 Å². The van der Waals surface area contributed by atoms with E-state index in [1.807, 2.05) is 0 Å². The van der Waals surface area contributed by atoms with Crippen LogP contribution in [0.5, 0.6) is 0 Å². The summed E-state index contributed by atoms with van der Waals surface area (Å²) in [6, 6.07) is 1.32. The van der Waals surface area contributed by atoms with E-state index in [4.69, 9.17) is 4.74 Å². The number of hydrogen-bond acceptors (Lipinski definition) is 3. The van der Waals surface area contributed by atoms with Crippen molar-refractivity contribution in [1.29, 1.82) is 0 Å². The maximum absolute atomic E-state index is 5.41. The zero-order chi connectivity index (χ0) is 7.68. The predicted octanol–water partition coefficient (Wildman–Crippen LogP) is -0.321. The molecule has 0 bridgehead atoms. The molecule has 64 valence electrons. The van der Waals surface area contributed by atoms with Crippen molar-refractivity contribution >= 4 is 0 Å². The van der Waals surface area contributed by atoms with Crippen molar-refractivity contribution < 1.29 is 4.74 Å². The van der Waals surface area contributed by atoms with Gasteiger partial charge in [0.15, 0.2) is 0 Å². The lowest BCUT2D eigenvalue weighted by Gasteiger charge is -2.43. The monoisotopic (exact) mass is 156 g/mol. The highest BCUT2D eigenvalue weighted by Gasteiger charge is 2.29. The second-order valence-electron chi connectivity index (χ2n) is 3.47. The van der Waals surface area contributed by atoms with E-state index in [1.165, 1.54) is 0 Å². The van der Waals surface area contributed by atoms with Crippen molar-refractivity contribution in [2.24, 2.45) is 0 Å². The molecule has 2 saturated heterocycles. The predicted molar refractivity (Wildman–Crippen MR) is 43.6 cm³/mol. The Balaban J connectivity index is 1.99. The van der Waals surface area contributed by atoms with Crippen LogP contribution in [0.3, 0.4) is 0 Å². The molecule has 2 fully saturated rings.